The van der Waals surface area contributed by atoms with Crippen LogP contribution in [-0.4, -0.2) is 18.9 Å². The van der Waals surface area contributed by atoms with Gasteiger partial charge in [-0.05, 0) is 35.8 Å². The lowest BCUT2D eigenvalue weighted by Crippen LogP contribution is -2.32. The summed E-state index contributed by atoms with van der Waals surface area (Å²) in [6.07, 6.45) is 1.74. The minimum absolute atomic E-state index is 0.123. The zero-order chi connectivity index (χ0) is 13.3. The van der Waals surface area contributed by atoms with Crippen LogP contribution < -0.4 is 10.2 Å². The van der Waals surface area contributed by atoms with E-state index in [1.165, 1.54) is 6.08 Å². The molecule has 0 saturated carbocycles. The molecule has 4 nitrogen and oxygen atoms in total. The summed E-state index contributed by atoms with van der Waals surface area (Å²) in [6, 6.07) is 5.58. The minimum atomic E-state index is -0.233. The first-order valence-electron chi connectivity index (χ1n) is 5.87. The number of carbonyl (C=O) groups is 2. The Morgan fingerprint density at radius 1 is 1.56 bits per heavy atom. The lowest BCUT2D eigenvalue weighted by molar-refractivity contribution is -0.119. The molecule has 0 fully saturated rings. The highest BCUT2D eigenvalue weighted by Gasteiger charge is 2.26. The molecule has 1 N–H and O–H groups in total. The van der Waals surface area contributed by atoms with E-state index in [0.29, 0.717) is 6.42 Å². The van der Waals surface area contributed by atoms with Crippen LogP contribution in [0.2, 0.25) is 0 Å². The number of hydrogen-bond acceptors (Lipinski definition) is 2. The van der Waals surface area contributed by atoms with Gasteiger partial charge in [-0.3, -0.25) is 9.59 Å². The van der Waals surface area contributed by atoms with Crippen LogP contribution in [0.1, 0.15) is 24.8 Å². The summed E-state index contributed by atoms with van der Waals surface area (Å²) in [6.45, 7) is 5.43. The summed E-state index contributed by atoms with van der Waals surface area (Å²) in [5.41, 5.74) is 2.72. The standard InChI is InChI=1S/C14H16N2O2/c1-4-13(17)15-10-5-6-12-11(8-10)9(2)7-14(18)16(12)3/h4-6,8-9H,1,7H2,2-3H3,(H,15,17). The van der Waals surface area contributed by atoms with Crippen LogP contribution >= 0.6 is 0 Å². The Kier molecular flexibility index (Phi) is 3.19. The number of hydrogen-bond donors (Lipinski definition) is 1. The van der Waals surface area contributed by atoms with Crippen LogP contribution in [0.4, 0.5) is 11.4 Å². The van der Waals surface area contributed by atoms with E-state index in [1.807, 2.05) is 19.1 Å². The fourth-order valence-electron chi connectivity index (χ4n) is 2.17. The van der Waals surface area contributed by atoms with Crippen molar-refractivity contribution in [1.29, 1.82) is 0 Å². The topological polar surface area (TPSA) is 49.4 Å². The maximum absolute atomic E-state index is 11.7. The first kappa shape index (κ1) is 12.4. The molecule has 1 aromatic rings. The molecule has 1 heterocycles. The lowest BCUT2D eigenvalue weighted by Gasteiger charge is -2.30. The average molecular weight is 244 g/mol. The van der Waals surface area contributed by atoms with E-state index < -0.39 is 0 Å². The maximum atomic E-state index is 11.7. The Morgan fingerprint density at radius 2 is 2.28 bits per heavy atom. The second kappa shape index (κ2) is 4.64. The number of carbonyl (C=O) groups excluding carboxylic acids is 2. The summed E-state index contributed by atoms with van der Waals surface area (Å²) < 4.78 is 0. The highest BCUT2D eigenvalue weighted by Crippen LogP contribution is 2.36. The van der Waals surface area contributed by atoms with Gasteiger partial charge in [0.2, 0.25) is 11.8 Å². The van der Waals surface area contributed by atoms with Crippen LogP contribution in [0.3, 0.4) is 0 Å². The van der Waals surface area contributed by atoms with Crippen LogP contribution in [0.15, 0.2) is 30.9 Å². The molecule has 0 aliphatic carbocycles. The van der Waals surface area contributed by atoms with E-state index in [4.69, 9.17) is 0 Å². The summed E-state index contributed by atoms with van der Waals surface area (Å²) in [5.74, 6) is 0.0602. The van der Waals surface area contributed by atoms with Crippen molar-refractivity contribution < 1.29 is 9.59 Å². The number of rotatable bonds is 2. The molecular formula is C14H16N2O2. The number of anilines is 2. The highest BCUT2D eigenvalue weighted by atomic mass is 16.2. The van der Waals surface area contributed by atoms with Gasteiger partial charge >= 0.3 is 0 Å². The van der Waals surface area contributed by atoms with Gasteiger partial charge in [-0.2, -0.15) is 0 Å². The number of fused-ring (bicyclic) bond motifs is 1. The van der Waals surface area contributed by atoms with E-state index in [9.17, 15) is 9.59 Å². The number of benzene rings is 1. The van der Waals surface area contributed by atoms with Crippen molar-refractivity contribution in [2.45, 2.75) is 19.3 Å². The average Bonchev–Trinajstić information content (AvgIpc) is 2.36. The first-order valence-corrected chi connectivity index (χ1v) is 5.87. The quantitative estimate of drug-likeness (QED) is 0.811. The second-order valence-corrected chi connectivity index (χ2v) is 4.52. The Bertz CT molecular complexity index is 523. The Balaban J connectivity index is 2.37. The molecule has 2 rings (SSSR count). The summed E-state index contributed by atoms with van der Waals surface area (Å²) in [5, 5.41) is 2.73. The molecule has 2 amide bonds. The third-order valence-electron chi connectivity index (χ3n) is 3.23. The number of amides is 2. The van der Waals surface area contributed by atoms with Gasteiger partial charge in [0.1, 0.15) is 0 Å². The third-order valence-corrected chi connectivity index (χ3v) is 3.23. The largest absolute Gasteiger partial charge is 0.323 e. The maximum Gasteiger partial charge on any atom is 0.247 e. The zero-order valence-corrected chi connectivity index (χ0v) is 10.6. The highest BCUT2D eigenvalue weighted by molar-refractivity contribution is 6.00. The molecule has 1 aliphatic heterocycles. The summed E-state index contributed by atoms with van der Waals surface area (Å²) >= 11 is 0. The van der Waals surface area contributed by atoms with E-state index >= 15 is 0 Å². The number of nitrogens with one attached hydrogen (secondary N) is 1. The Morgan fingerprint density at radius 3 is 2.94 bits per heavy atom. The minimum Gasteiger partial charge on any atom is -0.323 e. The fourth-order valence-corrected chi connectivity index (χ4v) is 2.17. The van der Waals surface area contributed by atoms with E-state index in [0.717, 1.165) is 16.9 Å². The first-order chi connectivity index (χ1) is 8.52. The fraction of sp³-hybridized carbons (Fsp3) is 0.286. The molecule has 18 heavy (non-hydrogen) atoms. The van der Waals surface area contributed by atoms with Gasteiger partial charge in [-0.1, -0.05) is 13.5 Å². The molecule has 0 aromatic heterocycles. The van der Waals surface area contributed by atoms with Gasteiger partial charge in [0.25, 0.3) is 0 Å². The Hall–Kier alpha value is -2.10. The molecule has 0 saturated heterocycles. The SMILES string of the molecule is C=CC(=O)Nc1ccc2c(c1)C(C)CC(=O)N2C. The zero-order valence-electron chi connectivity index (χ0n) is 10.6. The van der Waals surface area contributed by atoms with E-state index in [-0.39, 0.29) is 17.7 Å². The van der Waals surface area contributed by atoms with Crippen molar-refractivity contribution in [3.63, 3.8) is 0 Å². The molecular weight excluding hydrogens is 228 g/mol. The second-order valence-electron chi connectivity index (χ2n) is 4.52. The normalized spacial score (nSPS) is 18.2. The monoisotopic (exact) mass is 244 g/mol. The van der Waals surface area contributed by atoms with Gasteiger partial charge in [0, 0.05) is 24.8 Å². The smallest absolute Gasteiger partial charge is 0.247 e. The van der Waals surface area contributed by atoms with Crippen LogP contribution in [-0.2, 0) is 9.59 Å². The van der Waals surface area contributed by atoms with Crippen molar-refractivity contribution in [2.24, 2.45) is 0 Å². The van der Waals surface area contributed by atoms with Gasteiger partial charge < -0.3 is 10.2 Å². The van der Waals surface area contributed by atoms with E-state index in [2.05, 4.69) is 11.9 Å². The van der Waals surface area contributed by atoms with Crippen LogP contribution in [0.25, 0.3) is 0 Å². The molecule has 0 radical (unpaired) electrons. The molecule has 1 atom stereocenters. The third kappa shape index (κ3) is 2.14. The molecule has 0 bridgehead atoms. The van der Waals surface area contributed by atoms with Crippen molar-refractivity contribution in [2.75, 3.05) is 17.3 Å². The van der Waals surface area contributed by atoms with Gasteiger partial charge in [-0.15, -0.1) is 0 Å². The van der Waals surface area contributed by atoms with Gasteiger partial charge in [0.15, 0.2) is 0 Å². The van der Waals surface area contributed by atoms with Crippen molar-refractivity contribution in [3.05, 3.63) is 36.4 Å². The predicted octanol–water partition coefficient (Wildman–Crippen LogP) is 2.28. The molecule has 1 aromatic carbocycles. The van der Waals surface area contributed by atoms with Crippen molar-refractivity contribution >= 4 is 23.2 Å². The van der Waals surface area contributed by atoms with Gasteiger partial charge in [0.05, 0.1) is 0 Å². The van der Waals surface area contributed by atoms with E-state index in [1.54, 1.807) is 18.0 Å². The van der Waals surface area contributed by atoms with Crippen LogP contribution in [0.5, 0.6) is 0 Å². The number of nitrogens with zero attached hydrogens (tertiary/aromatic N) is 1. The van der Waals surface area contributed by atoms with Crippen molar-refractivity contribution in [3.8, 4) is 0 Å². The predicted molar refractivity (Wildman–Crippen MR) is 71.7 cm³/mol. The molecule has 1 unspecified atom stereocenters. The summed E-state index contributed by atoms with van der Waals surface area (Å²) in [7, 11) is 1.77. The molecule has 4 heteroatoms. The molecule has 94 valence electrons. The molecule has 1 aliphatic rings. The molecule has 0 spiro atoms. The Labute approximate surface area is 106 Å². The summed E-state index contributed by atoms with van der Waals surface area (Å²) in [4.78, 5) is 24.6. The van der Waals surface area contributed by atoms with Gasteiger partial charge in [-0.25, -0.2) is 0 Å². The van der Waals surface area contributed by atoms with Crippen LogP contribution in [0, 0.1) is 0 Å². The lowest BCUT2D eigenvalue weighted by atomic mass is 9.91. The van der Waals surface area contributed by atoms with Crippen molar-refractivity contribution in [1.82, 2.24) is 0 Å².